The molecule has 5 unspecified atom stereocenters. The zero-order valence-electron chi connectivity index (χ0n) is 39.8. The van der Waals surface area contributed by atoms with E-state index in [2.05, 4.69) is 12.2 Å². The van der Waals surface area contributed by atoms with Crippen LogP contribution in [0.4, 0.5) is 0 Å². The number of unbranched alkanes of at least 4 members (excludes halogenated alkanes) is 31. The first-order valence-electron chi connectivity index (χ1n) is 26.4. The normalized spacial score (nSPS) is 22.1. The fourth-order valence-electron chi connectivity index (χ4n) is 9.07. The van der Waals surface area contributed by atoms with Crippen molar-refractivity contribution in [1.82, 2.24) is 5.32 Å². The minimum Gasteiger partial charge on any atom is -0.394 e. The summed E-state index contributed by atoms with van der Waals surface area (Å²) in [7, 11) is 0. The summed E-state index contributed by atoms with van der Waals surface area (Å²) in [5, 5.41) is 65.3. The summed E-state index contributed by atoms with van der Waals surface area (Å²) in [6, 6.07) is -0.986. The van der Waals surface area contributed by atoms with Gasteiger partial charge in [-0.3, -0.25) is 4.79 Å². The maximum absolute atomic E-state index is 13.0. The lowest BCUT2D eigenvalue weighted by Crippen LogP contribution is -2.60. The minimum atomic E-state index is -1.60. The van der Waals surface area contributed by atoms with Crippen molar-refractivity contribution in [1.29, 1.82) is 0 Å². The van der Waals surface area contributed by atoms with Crippen LogP contribution in [-0.2, 0) is 19.0 Å². The smallest absolute Gasteiger partial charge is 0.220 e. The molecule has 2 aliphatic rings. The van der Waals surface area contributed by atoms with E-state index < -0.39 is 55.6 Å². The van der Waals surface area contributed by atoms with Crippen LogP contribution in [0, 0.1) is 5.92 Å². The number of carbonyl (C=O) groups is 1. The van der Waals surface area contributed by atoms with Gasteiger partial charge in [-0.1, -0.05) is 212 Å². The van der Waals surface area contributed by atoms with Gasteiger partial charge in [-0.05, 0) is 19.3 Å². The predicted octanol–water partition coefficient (Wildman–Crippen LogP) is 9.72. The molecule has 0 aromatic rings. The van der Waals surface area contributed by atoms with E-state index in [0.717, 1.165) is 70.5 Å². The van der Waals surface area contributed by atoms with Crippen LogP contribution in [0.3, 0.4) is 0 Å². The first-order chi connectivity index (χ1) is 30.3. The molecule has 1 amide bonds. The molecular formula is C51H99NO10. The molecule has 0 saturated carbocycles. The van der Waals surface area contributed by atoms with Gasteiger partial charge < -0.3 is 50.2 Å². The van der Waals surface area contributed by atoms with E-state index in [0.29, 0.717) is 6.42 Å². The highest BCUT2D eigenvalue weighted by atomic mass is 16.7. The average Bonchev–Trinajstić information content (AvgIpc) is 3.25. The number of hydrogen-bond acceptors (Lipinski definition) is 10. The van der Waals surface area contributed by atoms with Gasteiger partial charge in [0, 0.05) is 12.3 Å². The molecule has 2 heterocycles. The molecule has 62 heavy (non-hydrogen) atoms. The monoisotopic (exact) mass is 886 g/mol. The lowest BCUT2D eigenvalue weighted by atomic mass is 9.98. The number of aliphatic hydroxyl groups is 6. The van der Waals surface area contributed by atoms with Crippen LogP contribution in [-0.4, -0.2) is 112 Å². The third-order valence-electron chi connectivity index (χ3n) is 13.5. The molecule has 11 heteroatoms. The number of nitrogens with one attached hydrogen (secondary N) is 1. The molecule has 2 fully saturated rings. The van der Waals surface area contributed by atoms with Crippen molar-refractivity contribution in [3.05, 3.63) is 0 Å². The molecule has 7 N–H and O–H groups in total. The zero-order chi connectivity index (χ0) is 44.9. The molecular weight excluding hydrogens is 787 g/mol. The maximum atomic E-state index is 13.0. The summed E-state index contributed by atoms with van der Waals surface area (Å²) in [6.45, 7) is 3.35. The van der Waals surface area contributed by atoms with Crippen LogP contribution in [0.25, 0.3) is 0 Å². The highest BCUT2D eigenvalue weighted by molar-refractivity contribution is 5.76. The molecule has 0 aromatic carbocycles. The van der Waals surface area contributed by atoms with Crippen LogP contribution in [0.15, 0.2) is 0 Å². The Morgan fingerprint density at radius 1 is 0.581 bits per heavy atom. The molecule has 0 aromatic heterocycles. The fraction of sp³-hybridized carbons (Fsp3) is 0.980. The average molecular weight is 886 g/mol. The van der Waals surface area contributed by atoms with Crippen molar-refractivity contribution in [2.75, 3.05) is 26.4 Å². The topological polar surface area (TPSA) is 178 Å². The maximum Gasteiger partial charge on any atom is 0.220 e. The van der Waals surface area contributed by atoms with Crippen LogP contribution >= 0.6 is 0 Å². The Bertz CT molecular complexity index is 1000. The second-order valence-corrected chi connectivity index (χ2v) is 19.3. The quantitative estimate of drug-likeness (QED) is 0.0292. The van der Waals surface area contributed by atoms with E-state index in [1.807, 2.05) is 0 Å². The number of rotatable bonds is 44. The molecule has 2 rings (SSSR count). The van der Waals surface area contributed by atoms with Gasteiger partial charge in [-0.2, -0.15) is 0 Å². The Morgan fingerprint density at radius 3 is 1.42 bits per heavy atom. The van der Waals surface area contributed by atoms with Crippen LogP contribution in [0.5, 0.6) is 0 Å². The molecule has 2 aliphatic heterocycles. The highest BCUT2D eigenvalue weighted by Crippen LogP contribution is 2.24. The first-order valence-corrected chi connectivity index (χ1v) is 26.4. The van der Waals surface area contributed by atoms with Gasteiger partial charge in [0.2, 0.25) is 5.91 Å². The van der Waals surface area contributed by atoms with Gasteiger partial charge >= 0.3 is 0 Å². The predicted molar refractivity (Wildman–Crippen MR) is 250 cm³/mol. The summed E-state index contributed by atoms with van der Waals surface area (Å²) in [4.78, 5) is 13.0. The lowest BCUT2D eigenvalue weighted by Gasteiger charge is -2.40. The summed E-state index contributed by atoms with van der Waals surface area (Å²) >= 11 is 0. The van der Waals surface area contributed by atoms with Crippen molar-refractivity contribution in [3.63, 3.8) is 0 Å². The van der Waals surface area contributed by atoms with Crippen molar-refractivity contribution in [3.8, 4) is 0 Å². The Labute approximate surface area is 379 Å². The van der Waals surface area contributed by atoms with Crippen LogP contribution in [0.2, 0.25) is 0 Å². The van der Waals surface area contributed by atoms with Gasteiger partial charge in [0.25, 0.3) is 0 Å². The molecule has 368 valence electrons. The van der Waals surface area contributed by atoms with Gasteiger partial charge in [-0.15, -0.1) is 0 Å². The summed E-state index contributed by atoms with van der Waals surface area (Å²) in [5.74, 6) is 0.609. The molecule has 2 saturated heterocycles. The third-order valence-corrected chi connectivity index (χ3v) is 13.5. The SMILES string of the molecule is CCCCCCCCCCCCCC[C@@H](O)[C@@H](O)[C@H](COC1OC(CO)C(O)C(O)C1O)NC(=O)CCCCCCCCCCCCCCCCCCCCCCCC1COC1. The van der Waals surface area contributed by atoms with Crippen molar-refractivity contribution >= 4 is 5.91 Å². The molecule has 11 nitrogen and oxygen atoms in total. The highest BCUT2D eigenvalue weighted by Gasteiger charge is 2.44. The Morgan fingerprint density at radius 2 is 1.00 bits per heavy atom. The Hall–Kier alpha value is -0.890. The van der Waals surface area contributed by atoms with E-state index in [1.165, 1.54) is 167 Å². The fourth-order valence-corrected chi connectivity index (χ4v) is 9.07. The number of carbonyl (C=O) groups excluding carboxylic acids is 1. The van der Waals surface area contributed by atoms with E-state index in [1.54, 1.807) is 0 Å². The number of hydrogen-bond donors (Lipinski definition) is 7. The minimum absolute atomic E-state index is 0.254. The summed E-state index contributed by atoms with van der Waals surface area (Å²) < 4.78 is 16.4. The second-order valence-electron chi connectivity index (χ2n) is 19.3. The standard InChI is InChI=1S/C51H99NO10/c1-2-3-4-5-6-7-8-21-24-27-30-33-36-44(54)47(56)43(41-61-51-50(59)49(58)48(57)45(38-53)62-51)52-46(55)37-34-31-28-25-22-19-17-15-13-11-9-10-12-14-16-18-20-23-26-29-32-35-42-39-60-40-42/h42-45,47-51,53-54,56-59H,2-41H2,1H3,(H,52,55)/t43-,44+,45?,47-,48?,49?,50?,51?/m0/s1. The first kappa shape index (κ1) is 57.2. The molecule has 0 aliphatic carbocycles. The number of aliphatic hydroxyl groups excluding tert-OH is 6. The van der Waals surface area contributed by atoms with Gasteiger partial charge in [0.15, 0.2) is 6.29 Å². The van der Waals surface area contributed by atoms with Gasteiger partial charge in [0.1, 0.15) is 30.5 Å². The lowest BCUT2D eigenvalue weighted by molar-refractivity contribution is -0.303. The van der Waals surface area contributed by atoms with E-state index in [4.69, 9.17) is 14.2 Å². The van der Waals surface area contributed by atoms with Crippen molar-refractivity contribution in [2.24, 2.45) is 5.92 Å². The van der Waals surface area contributed by atoms with Crippen LogP contribution < -0.4 is 5.32 Å². The molecule has 0 radical (unpaired) electrons. The third kappa shape index (κ3) is 28.2. The molecule has 8 atom stereocenters. The summed E-state index contributed by atoms with van der Waals surface area (Å²) in [6.07, 6.45) is 33.9. The van der Waals surface area contributed by atoms with E-state index >= 15 is 0 Å². The molecule has 0 bridgehead atoms. The second kappa shape index (κ2) is 39.3. The largest absolute Gasteiger partial charge is 0.394 e. The molecule has 0 spiro atoms. The van der Waals surface area contributed by atoms with Crippen molar-refractivity contribution < 1.29 is 49.6 Å². The zero-order valence-corrected chi connectivity index (χ0v) is 39.8. The Kier molecular flexibility index (Phi) is 36.3. The van der Waals surface area contributed by atoms with Gasteiger partial charge in [-0.25, -0.2) is 0 Å². The summed E-state index contributed by atoms with van der Waals surface area (Å²) in [5.41, 5.74) is 0. The van der Waals surface area contributed by atoms with E-state index in [9.17, 15) is 35.4 Å². The van der Waals surface area contributed by atoms with Crippen LogP contribution in [0.1, 0.15) is 238 Å². The van der Waals surface area contributed by atoms with Gasteiger partial charge in [0.05, 0.1) is 38.6 Å². The number of amides is 1. The van der Waals surface area contributed by atoms with Crippen molar-refractivity contribution in [2.45, 2.75) is 287 Å². The van der Waals surface area contributed by atoms with E-state index in [-0.39, 0.29) is 18.9 Å². The Balaban J connectivity index is 1.53. The number of ether oxygens (including phenoxy) is 3.